The molecule has 1 aromatic rings. The number of nitrogens with two attached hydrogens (primary N) is 1. The molecule has 1 saturated heterocycles. The van der Waals surface area contributed by atoms with E-state index in [1.54, 1.807) is 6.92 Å². The summed E-state index contributed by atoms with van der Waals surface area (Å²) >= 11 is 0. The average molecular weight is 291 g/mol. The van der Waals surface area contributed by atoms with E-state index < -0.39 is 30.0 Å². The smallest absolute Gasteiger partial charge is 0.351 e. The first kappa shape index (κ1) is 14.8. The molecule has 1 aliphatic heterocycles. The minimum absolute atomic E-state index is 0.0843. The van der Waals surface area contributed by atoms with Crippen molar-refractivity contribution >= 4 is 5.82 Å². The van der Waals surface area contributed by atoms with Crippen LogP contribution in [0.5, 0.6) is 0 Å². The molecule has 7 nitrogen and oxygen atoms in total. The maximum atomic E-state index is 14.0. The third kappa shape index (κ3) is 2.51. The second-order valence-corrected chi connectivity index (χ2v) is 4.35. The standard InChI is InChI=1S/C11H15F2N3O4/c1-2-19-5-6-8(17)11(12,13)9(20-6)16-4-3-7(14)15-10(16)18/h3-4,6,8-9,17H,2,5H2,1H3,(H2,14,15,18)/t6?,8-,9-/m1/s1. The number of nitrogens with zero attached hydrogens (tertiary/aromatic N) is 2. The van der Waals surface area contributed by atoms with E-state index in [2.05, 4.69) is 4.98 Å². The first-order valence-electron chi connectivity index (χ1n) is 6.01. The summed E-state index contributed by atoms with van der Waals surface area (Å²) in [4.78, 5) is 14.9. The highest BCUT2D eigenvalue weighted by Crippen LogP contribution is 2.42. The van der Waals surface area contributed by atoms with Crippen molar-refractivity contribution in [2.24, 2.45) is 0 Å². The van der Waals surface area contributed by atoms with Crippen molar-refractivity contribution in [3.05, 3.63) is 22.7 Å². The number of rotatable bonds is 4. The molecule has 1 aromatic heterocycles. The van der Waals surface area contributed by atoms with Gasteiger partial charge in [-0.3, -0.25) is 4.57 Å². The van der Waals surface area contributed by atoms with E-state index in [0.717, 1.165) is 6.20 Å². The molecule has 0 saturated carbocycles. The third-order valence-corrected chi connectivity index (χ3v) is 2.97. The molecule has 20 heavy (non-hydrogen) atoms. The van der Waals surface area contributed by atoms with Gasteiger partial charge < -0.3 is 20.3 Å². The summed E-state index contributed by atoms with van der Waals surface area (Å²) in [6.07, 6.45) is -4.18. The Bertz CT molecular complexity index is 537. The number of hydrogen-bond donors (Lipinski definition) is 2. The summed E-state index contributed by atoms with van der Waals surface area (Å²) in [5.41, 5.74) is 4.32. The predicted molar refractivity (Wildman–Crippen MR) is 64.3 cm³/mol. The van der Waals surface area contributed by atoms with Gasteiger partial charge in [0, 0.05) is 12.8 Å². The van der Waals surface area contributed by atoms with Gasteiger partial charge in [0.2, 0.25) is 6.23 Å². The van der Waals surface area contributed by atoms with Gasteiger partial charge in [-0.15, -0.1) is 0 Å². The quantitative estimate of drug-likeness (QED) is 0.794. The molecule has 3 atom stereocenters. The van der Waals surface area contributed by atoms with Crippen molar-refractivity contribution in [1.29, 1.82) is 0 Å². The summed E-state index contributed by atoms with van der Waals surface area (Å²) in [7, 11) is 0. The van der Waals surface area contributed by atoms with Crippen LogP contribution < -0.4 is 11.4 Å². The number of aromatic nitrogens is 2. The molecule has 3 N–H and O–H groups in total. The molecule has 0 bridgehead atoms. The molecule has 0 aliphatic carbocycles. The van der Waals surface area contributed by atoms with Crippen LogP contribution in [0.3, 0.4) is 0 Å². The molecular weight excluding hydrogens is 276 g/mol. The fraction of sp³-hybridized carbons (Fsp3) is 0.636. The fourth-order valence-electron chi connectivity index (χ4n) is 1.94. The van der Waals surface area contributed by atoms with Gasteiger partial charge in [0.25, 0.3) is 0 Å². The number of aliphatic hydroxyl groups is 1. The van der Waals surface area contributed by atoms with E-state index in [1.165, 1.54) is 6.07 Å². The molecule has 1 unspecified atom stereocenters. The number of aliphatic hydroxyl groups excluding tert-OH is 1. The van der Waals surface area contributed by atoms with Crippen LogP contribution in [-0.4, -0.2) is 46.0 Å². The Balaban J connectivity index is 2.29. The Morgan fingerprint density at radius 3 is 2.95 bits per heavy atom. The minimum Gasteiger partial charge on any atom is -0.384 e. The zero-order chi connectivity index (χ0) is 14.9. The number of ether oxygens (including phenoxy) is 2. The van der Waals surface area contributed by atoms with E-state index in [9.17, 15) is 18.7 Å². The Morgan fingerprint density at radius 2 is 2.35 bits per heavy atom. The van der Waals surface area contributed by atoms with Gasteiger partial charge in [-0.2, -0.15) is 13.8 Å². The van der Waals surface area contributed by atoms with E-state index in [0.29, 0.717) is 11.2 Å². The number of halogens is 2. The highest BCUT2D eigenvalue weighted by atomic mass is 19.3. The lowest BCUT2D eigenvalue weighted by Gasteiger charge is -2.20. The second kappa shape index (κ2) is 5.43. The second-order valence-electron chi connectivity index (χ2n) is 4.35. The van der Waals surface area contributed by atoms with Gasteiger partial charge in [0.1, 0.15) is 11.9 Å². The zero-order valence-corrected chi connectivity index (χ0v) is 10.7. The average Bonchev–Trinajstić information content (AvgIpc) is 2.60. The van der Waals surface area contributed by atoms with Crippen LogP contribution in [0.15, 0.2) is 17.1 Å². The summed E-state index contributed by atoms with van der Waals surface area (Å²) in [6, 6.07) is 1.20. The highest BCUT2D eigenvalue weighted by molar-refractivity contribution is 5.23. The number of hydrogen-bond acceptors (Lipinski definition) is 6. The molecule has 2 heterocycles. The van der Waals surface area contributed by atoms with Crippen LogP contribution in [0.2, 0.25) is 0 Å². The SMILES string of the molecule is CCOCC1O[C@@H](n2ccc(N)nc2=O)C(F)(F)[C@@H]1O. The lowest BCUT2D eigenvalue weighted by molar-refractivity contribution is -0.141. The Hall–Kier alpha value is -1.58. The molecule has 0 aromatic carbocycles. The summed E-state index contributed by atoms with van der Waals surface area (Å²) in [6.45, 7) is 1.79. The van der Waals surface area contributed by atoms with Gasteiger partial charge in [-0.1, -0.05) is 0 Å². The highest BCUT2D eigenvalue weighted by Gasteiger charge is 2.59. The predicted octanol–water partition coefficient (Wildman–Crippen LogP) is -0.244. The first-order valence-corrected chi connectivity index (χ1v) is 6.01. The van der Waals surface area contributed by atoms with Crippen molar-refractivity contribution < 1.29 is 23.4 Å². The van der Waals surface area contributed by atoms with E-state index in [1.807, 2.05) is 0 Å². The molecule has 2 rings (SSSR count). The molecule has 1 aliphatic rings. The van der Waals surface area contributed by atoms with Gasteiger partial charge in [-0.05, 0) is 13.0 Å². The van der Waals surface area contributed by atoms with Crippen molar-refractivity contribution in [2.45, 2.75) is 31.3 Å². The molecule has 1 fully saturated rings. The topological polar surface area (TPSA) is 99.6 Å². The van der Waals surface area contributed by atoms with Gasteiger partial charge in [0.05, 0.1) is 6.61 Å². The molecule has 112 valence electrons. The number of anilines is 1. The third-order valence-electron chi connectivity index (χ3n) is 2.97. The van der Waals surface area contributed by atoms with Crippen molar-refractivity contribution in [1.82, 2.24) is 9.55 Å². The van der Waals surface area contributed by atoms with E-state index in [-0.39, 0.29) is 12.4 Å². The summed E-state index contributed by atoms with van der Waals surface area (Å²) in [5.74, 6) is -3.72. The monoisotopic (exact) mass is 291 g/mol. The van der Waals surface area contributed by atoms with Gasteiger partial charge >= 0.3 is 11.6 Å². The maximum Gasteiger partial charge on any atom is 0.351 e. The van der Waals surface area contributed by atoms with Crippen molar-refractivity contribution in [2.75, 3.05) is 18.9 Å². The summed E-state index contributed by atoms with van der Waals surface area (Å²) < 4.78 is 38.6. The van der Waals surface area contributed by atoms with E-state index in [4.69, 9.17) is 15.2 Å². The van der Waals surface area contributed by atoms with Crippen LogP contribution in [0.25, 0.3) is 0 Å². The normalized spacial score (nSPS) is 28.7. The van der Waals surface area contributed by atoms with Gasteiger partial charge in [-0.25, -0.2) is 4.79 Å². The minimum atomic E-state index is -3.64. The number of alkyl halides is 2. The van der Waals surface area contributed by atoms with Crippen LogP contribution in [0.1, 0.15) is 13.2 Å². The van der Waals surface area contributed by atoms with Crippen LogP contribution in [0.4, 0.5) is 14.6 Å². The lowest BCUT2D eigenvalue weighted by atomic mass is 10.1. The molecule has 9 heteroatoms. The largest absolute Gasteiger partial charge is 0.384 e. The molecular formula is C11H15F2N3O4. The van der Waals surface area contributed by atoms with Crippen molar-refractivity contribution in [3.63, 3.8) is 0 Å². The first-order chi connectivity index (χ1) is 9.37. The zero-order valence-electron chi connectivity index (χ0n) is 10.7. The Morgan fingerprint density at radius 1 is 1.65 bits per heavy atom. The Labute approximate surface area is 112 Å². The lowest BCUT2D eigenvalue weighted by Crippen LogP contribution is -2.42. The molecule has 0 amide bonds. The Kier molecular flexibility index (Phi) is 4.02. The maximum absolute atomic E-state index is 14.0. The van der Waals surface area contributed by atoms with Crippen molar-refractivity contribution in [3.8, 4) is 0 Å². The summed E-state index contributed by atoms with van der Waals surface area (Å²) in [5, 5.41) is 9.61. The van der Waals surface area contributed by atoms with Gasteiger partial charge in [0.15, 0.2) is 6.10 Å². The van der Waals surface area contributed by atoms with Crippen LogP contribution in [0, 0.1) is 0 Å². The number of nitrogen functional groups attached to an aromatic ring is 1. The van der Waals surface area contributed by atoms with Crippen LogP contribution >= 0.6 is 0 Å². The van der Waals surface area contributed by atoms with Crippen LogP contribution in [-0.2, 0) is 9.47 Å². The molecule has 0 radical (unpaired) electrons. The molecule has 0 spiro atoms. The van der Waals surface area contributed by atoms with E-state index >= 15 is 0 Å². The fourth-order valence-corrected chi connectivity index (χ4v) is 1.94.